The predicted molar refractivity (Wildman–Crippen MR) is 92.8 cm³/mol. The zero-order valence-corrected chi connectivity index (χ0v) is 15.6. The third-order valence-electron chi connectivity index (χ3n) is 8.04. The lowest BCUT2D eigenvalue weighted by Gasteiger charge is -2.51. The predicted octanol–water partition coefficient (Wildman–Crippen LogP) is -0.0699. The second kappa shape index (κ2) is 4.86. The maximum atomic E-state index is 12.7. The standard InChI is InChI=1S/C20H28O6/c1-9-5-13-18(24,15(9)22)7-11(8-21)6-12-14-17(3,4)20(14,26)16(23)10(2)19(12,13)25/h5-6,10,12-14,16,21,23-26H,7-8H2,1-4H3/t10-,12+,13+,14-,16-,18-,19-,20-/m0/s1. The molecule has 0 unspecified atom stereocenters. The molecule has 0 bridgehead atoms. The number of fused-ring (bicyclic) bond motifs is 5. The van der Waals surface area contributed by atoms with Gasteiger partial charge in [0.1, 0.15) is 11.2 Å². The summed E-state index contributed by atoms with van der Waals surface area (Å²) < 4.78 is 0. The largest absolute Gasteiger partial charge is 0.392 e. The van der Waals surface area contributed by atoms with Crippen LogP contribution in [0.25, 0.3) is 0 Å². The van der Waals surface area contributed by atoms with Crippen LogP contribution in [0.5, 0.6) is 0 Å². The third kappa shape index (κ3) is 1.69. The Morgan fingerprint density at radius 2 is 1.81 bits per heavy atom. The second-order valence-corrected chi connectivity index (χ2v) is 9.41. The maximum Gasteiger partial charge on any atom is 0.190 e. The van der Waals surface area contributed by atoms with Gasteiger partial charge < -0.3 is 25.5 Å². The Kier molecular flexibility index (Phi) is 3.42. The molecule has 0 aromatic rings. The average molecular weight is 364 g/mol. The second-order valence-electron chi connectivity index (χ2n) is 9.41. The first kappa shape index (κ1) is 18.3. The number of ketones is 1. The lowest BCUT2D eigenvalue weighted by Crippen LogP contribution is -2.65. The van der Waals surface area contributed by atoms with E-state index in [1.165, 1.54) is 0 Å². The van der Waals surface area contributed by atoms with Gasteiger partial charge in [-0.15, -0.1) is 0 Å². The first-order chi connectivity index (χ1) is 11.9. The molecule has 26 heavy (non-hydrogen) atoms. The number of hydrogen-bond acceptors (Lipinski definition) is 6. The van der Waals surface area contributed by atoms with Crippen LogP contribution in [0.3, 0.4) is 0 Å². The summed E-state index contributed by atoms with van der Waals surface area (Å²) in [4.78, 5) is 12.7. The van der Waals surface area contributed by atoms with Crippen LogP contribution >= 0.6 is 0 Å². The molecule has 0 aromatic carbocycles. The summed E-state index contributed by atoms with van der Waals surface area (Å²) in [7, 11) is 0. The van der Waals surface area contributed by atoms with Crippen LogP contribution in [0.4, 0.5) is 0 Å². The molecule has 0 spiro atoms. The van der Waals surface area contributed by atoms with Crippen molar-refractivity contribution in [3.8, 4) is 0 Å². The maximum absolute atomic E-state index is 12.7. The summed E-state index contributed by atoms with van der Waals surface area (Å²) in [5, 5.41) is 54.9. The van der Waals surface area contributed by atoms with Gasteiger partial charge in [-0.05, 0) is 18.1 Å². The lowest BCUT2D eigenvalue weighted by atomic mass is 9.59. The van der Waals surface area contributed by atoms with Crippen LogP contribution in [0.1, 0.15) is 34.1 Å². The number of rotatable bonds is 1. The van der Waals surface area contributed by atoms with Crippen LogP contribution in [-0.2, 0) is 4.79 Å². The summed E-state index contributed by atoms with van der Waals surface area (Å²) in [6.45, 7) is 6.63. The van der Waals surface area contributed by atoms with E-state index in [4.69, 9.17) is 0 Å². The monoisotopic (exact) mass is 364 g/mol. The highest BCUT2D eigenvalue weighted by Gasteiger charge is 2.84. The topological polar surface area (TPSA) is 118 Å². The summed E-state index contributed by atoms with van der Waals surface area (Å²) in [5.41, 5.74) is -4.57. The summed E-state index contributed by atoms with van der Waals surface area (Å²) in [5.74, 6) is -3.14. The van der Waals surface area contributed by atoms with E-state index < -0.39 is 57.8 Å². The van der Waals surface area contributed by atoms with Gasteiger partial charge in [0, 0.05) is 35.5 Å². The van der Waals surface area contributed by atoms with Crippen molar-refractivity contribution < 1.29 is 30.3 Å². The minimum atomic E-state index is -1.84. The highest BCUT2D eigenvalue weighted by molar-refractivity contribution is 6.04. The number of aliphatic hydroxyl groups excluding tert-OH is 2. The van der Waals surface area contributed by atoms with E-state index >= 15 is 0 Å². The molecule has 0 aromatic heterocycles. The molecular weight excluding hydrogens is 336 g/mol. The van der Waals surface area contributed by atoms with Gasteiger partial charge in [0.15, 0.2) is 5.78 Å². The van der Waals surface area contributed by atoms with Gasteiger partial charge in [-0.25, -0.2) is 0 Å². The summed E-state index contributed by atoms with van der Waals surface area (Å²) in [6.07, 6.45) is 2.08. The Morgan fingerprint density at radius 3 is 2.38 bits per heavy atom. The van der Waals surface area contributed by atoms with Crippen LogP contribution < -0.4 is 0 Å². The van der Waals surface area contributed by atoms with Gasteiger partial charge >= 0.3 is 0 Å². The first-order valence-corrected chi connectivity index (χ1v) is 9.27. The SMILES string of the molecule is CC1=C[C@H]2[C@@]3(O)[C@H](C=C(CO)C[C@@]2(O)C1=O)[C@H]1C(C)(C)[C@@]1(O)[C@@H](O)[C@@H]3C. The molecule has 4 aliphatic rings. The molecule has 0 heterocycles. The molecule has 2 saturated carbocycles. The van der Waals surface area contributed by atoms with Crippen molar-refractivity contribution in [3.05, 3.63) is 23.3 Å². The smallest absolute Gasteiger partial charge is 0.190 e. The van der Waals surface area contributed by atoms with E-state index in [0.717, 1.165) is 0 Å². The average Bonchev–Trinajstić information content (AvgIpc) is 2.97. The van der Waals surface area contributed by atoms with Gasteiger partial charge in [0.2, 0.25) is 0 Å². The fourth-order valence-electron chi connectivity index (χ4n) is 6.45. The minimum absolute atomic E-state index is 0.0615. The van der Waals surface area contributed by atoms with E-state index in [9.17, 15) is 30.3 Å². The molecule has 2 fully saturated rings. The zero-order valence-electron chi connectivity index (χ0n) is 15.6. The molecule has 4 rings (SSSR count). The van der Waals surface area contributed by atoms with Gasteiger partial charge in [0.25, 0.3) is 0 Å². The van der Waals surface area contributed by atoms with Crippen molar-refractivity contribution in [3.63, 3.8) is 0 Å². The van der Waals surface area contributed by atoms with Crippen molar-refractivity contribution in [1.82, 2.24) is 0 Å². The quantitative estimate of drug-likeness (QED) is 0.416. The molecule has 0 aliphatic heterocycles. The van der Waals surface area contributed by atoms with Crippen molar-refractivity contribution in [2.24, 2.45) is 29.1 Å². The Morgan fingerprint density at radius 1 is 1.19 bits per heavy atom. The van der Waals surface area contributed by atoms with Crippen LogP contribution in [0.2, 0.25) is 0 Å². The number of carbonyl (C=O) groups excluding carboxylic acids is 1. The Labute approximate surface area is 152 Å². The lowest BCUT2D eigenvalue weighted by molar-refractivity contribution is -0.209. The molecule has 144 valence electrons. The molecule has 5 N–H and O–H groups in total. The number of Topliss-reactive ketones (excluding diaryl/α,β-unsaturated/α-hetero) is 1. The molecule has 6 nitrogen and oxygen atoms in total. The van der Waals surface area contributed by atoms with E-state index in [1.807, 2.05) is 13.8 Å². The van der Waals surface area contributed by atoms with Gasteiger partial charge in [-0.3, -0.25) is 4.79 Å². The van der Waals surface area contributed by atoms with E-state index in [0.29, 0.717) is 11.1 Å². The number of carbonyl (C=O) groups is 1. The highest BCUT2D eigenvalue weighted by atomic mass is 16.4. The van der Waals surface area contributed by atoms with Crippen LogP contribution in [0, 0.1) is 29.1 Å². The fourth-order valence-corrected chi connectivity index (χ4v) is 6.45. The number of hydrogen-bond donors (Lipinski definition) is 5. The third-order valence-corrected chi connectivity index (χ3v) is 8.04. The first-order valence-electron chi connectivity index (χ1n) is 9.27. The fraction of sp³-hybridized carbons (Fsp3) is 0.750. The molecule has 6 heteroatoms. The minimum Gasteiger partial charge on any atom is -0.392 e. The zero-order chi connectivity index (χ0) is 19.4. The molecule has 0 saturated heterocycles. The van der Waals surface area contributed by atoms with E-state index in [-0.39, 0.29) is 13.0 Å². The highest BCUT2D eigenvalue weighted by Crippen LogP contribution is 2.74. The Balaban J connectivity index is 1.96. The van der Waals surface area contributed by atoms with E-state index in [1.54, 1.807) is 26.0 Å². The van der Waals surface area contributed by atoms with Crippen molar-refractivity contribution in [2.75, 3.05) is 6.61 Å². The van der Waals surface area contributed by atoms with Gasteiger partial charge in [-0.1, -0.05) is 32.9 Å². The molecule has 0 radical (unpaired) electrons. The normalized spacial score (nSPS) is 54.5. The summed E-state index contributed by atoms with van der Waals surface area (Å²) in [6, 6.07) is 0. The molecule has 0 amide bonds. The van der Waals surface area contributed by atoms with Crippen LogP contribution in [0.15, 0.2) is 23.3 Å². The van der Waals surface area contributed by atoms with Crippen molar-refractivity contribution >= 4 is 5.78 Å². The van der Waals surface area contributed by atoms with Crippen LogP contribution in [-0.4, -0.2) is 60.8 Å². The van der Waals surface area contributed by atoms with Crippen molar-refractivity contribution in [1.29, 1.82) is 0 Å². The number of aliphatic hydroxyl groups is 5. The molecule has 8 atom stereocenters. The Bertz CT molecular complexity index is 753. The van der Waals surface area contributed by atoms with Crippen molar-refractivity contribution in [2.45, 2.75) is 57.0 Å². The molecular formula is C20H28O6. The van der Waals surface area contributed by atoms with Gasteiger partial charge in [0.05, 0.1) is 18.3 Å². The molecule has 4 aliphatic carbocycles. The van der Waals surface area contributed by atoms with Gasteiger partial charge in [-0.2, -0.15) is 0 Å². The van der Waals surface area contributed by atoms with E-state index in [2.05, 4.69) is 0 Å². The summed E-state index contributed by atoms with van der Waals surface area (Å²) >= 11 is 0. The Hall–Kier alpha value is -1.05.